The van der Waals surface area contributed by atoms with E-state index in [1.165, 1.54) is 32.1 Å². The van der Waals surface area contributed by atoms with Crippen LogP contribution in [0.3, 0.4) is 0 Å². The van der Waals surface area contributed by atoms with E-state index in [1.807, 2.05) is 0 Å². The number of allylic oxidation sites excluding steroid dienone is 1. The third-order valence-electron chi connectivity index (χ3n) is 8.32. The van der Waals surface area contributed by atoms with Crippen LogP contribution in [0.1, 0.15) is 65.7 Å². The standard InChI is InChI=1S/C20H32O2/c1-5-17(2)10-7-14-19(4)9-6-8-18(3,13-21)15(19)11-16-20(14,12-17)22-16/h5,14-16,21H,1,6-13H2,2-4H3/t14-,15+,16-,17+,18-,19+,20+/m1/s1. The molecule has 1 aliphatic heterocycles. The zero-order chi connectivity index (χ0) is 15.8. The molecule has 3 aliphatic carbocycles. The summed E-state index contributed by atoms with van der Waals surface area (Å²) >= 11 is 0. The maximum Gasteiger partial charge on any atom is 0.0989 e. The molecule has 0 aromatic heterocycles. The molecule has 22 heavy (non-hydrogen) atoms. The molecule has 2 heteroatoms. The van der Waals surface area contributed by atoms with Gasteiger partial charge in [-0.25, -0.2) is 0 Å². The van der Waals surface area contributed by atoms with E-state index in [-0.39, 0.29) is 16.4 Å². The SMILES string of the molecule is C=C[C@@]1(C)CC[C@@H]2[C@]3(C)CCC[C@](C)(CO)[C@@H]3C[C@H]3O[C@@]23C1. The zero-order valence-corrected chi connectivity index (χ0v) is 14.5. The van der Waals surface area contributed by atoms with Gasteiger partial charge in [-0.05, 0) is 66.6 Å². The van der Waals surface area contributed by atoms with Gasteiger partial charge in [-0.2, -0.15) is 0 Å². The monoisotopic (exact) mass is 304 g/mol. The lowest BCUT2D eigenvalue weighted by Crippen LogP contribution is -2.58. The Hall–Kier alpha value is -0.340. The van der Waals surface area contributed by atoms with Crippen molar-refractivity contribution in [2.24, 2.45) is 28.1 Å². The lowest BCUT2D eigenvalue weighted by molar-refractivity contribution is -0.122. The molecule has 0 unspecified atom stereocenters. The van der Waals surface area contributed by atoms with Crippen molar-refractivity contribution in [3.8, 4) is 0 Å². The Morgan fingerprint density at radius 1 is 1.18 bits per heavy atom. The van der Waals surface area contributed by atoms with Gasteiger partial charge in [0, 0.05) is 6.61 Å². The second kappa shape index (κ2) is 4.39. The smallest absolute Gasteiger partial charge is 0.0989 e. The van der Waals surface area contributed by atoms with Crippen LogP contribution in [0.2, 0.25) is 0 Å². The molecular formula is C20H32O2. The van der Waals surface area contributed by atoms with E-state index < -0.39 is 0 Å². The highest BCUT2D eigenvalue weighted by Crippen LogP contribution is 2.72. The van der Waals surface area contributed by atoms with Crippen LogP contribution < -0.4 is 0 Å². The van der Waals surface area contributed by atoms with Crippen LogP contribution in [0.4, 0.5) is 0 Å². The van der Waals surface area contributed by atoms with Crippen molar-refractivity contribution in [3.05, 3.63) is 12.7 Å². The minimum absolute atomic E-state index is 0.101. The van der Waals surface area contributed by atoms with Crippen molar-refractivity contribution in [3.63, 3.8) is 0 Å². The fourth-order valence-electron chi connectivity index (χ4n) is 6.96. The molecule has 0 amide bonds. The lowest BCUT2D eigenvalue weighted by Gasteiger charge is -2.60. The molecule has 4 rings (SSSR count). The minimum atomic E-state index is 0.101. The number of hydrogen-bond acceptors (Lipinski definition) is 2. The van der Waals surface area contributed by atoms with Gasteiger partial charge in [0.25, 0.3) is 0 Å². The van der Waals surface area contributed by atoms with Crippen LogP contribution in [-0.2, 0) is 4.74 Å². The third-order valence-corrected chi connectivity index (χ3v) is 8.32. The molecule has 7 atom stereocenters. The van der Waals surface area contributed by atoms with Crippen LogP contribution in [0.15, 0.2) is 12.7 Å². The molecule has 1 spiro atoms. The molecule has 0 radical (unpaired) electrons. The van der Waals surface area contributed by atoms with E-state index in [0.29, 0.717) is 30.0 Å². The molecule has 1 saturated heterocycles. The highest BCUT2D eigenvalue weighted by molar-refractivity contribution is 5.24. The second-order valence-electron chi connectivity index (χ2n) is 9.65. The molecule has 0 aromatic rings. The van der Waals surface area contributed by atoms with E-state index in [4.69, 9.17) is 4.74 Å². The third kappa shape index (κ3) is 1.74. The molecule has 0 aromatic carbocycles. The highest BCUT2D eigenvalue weighted by Gasteiger charge is 2.74. The Balaban J connectivity index is 1.70. The van der Waals surface area contributed by atoms with E-state index >= 15 is 0 Å². The van der Waals surface area contributed by atoms with Gasteiger partial charge < -0.3 is 9.84 Å². The number of aliphatic hydroxyl groups excluding tert-OH is 1. The number of hydrogen-bond donors (Lipinski definition) is 1. The van der Waals surface area contributed by atoms with Gasteiger partial charge in [0.2, 0.25) is 0 Å². The number of ether oxygens (including phenoxy) is 1. The number of rotatable bonds is 2. The topological polar surface area (TPSA) is 32.8 Å². The molecule has 124 valence electrons. The molecule has 1 N–H and O–H groups in total. The fourth-order valence-corrected chi connectivity index (χ4v) is 6.96. The summed E-state index contributed by atoms with van der Waals surface area (Å²) in [4.78, 5) is 0. The normalized spacial score (nSPS) is 59.9. The lowest BCUT2D eigenvalue weighted by atomic mass is 9.43. The van der Waals surface area contributed by atoms with Gasteiger partial charge in [-0.3, -0.25) is 0 Å². The van der Waals surface area contributed by atoms with Gasteiger partial charge in [-0.15, -0.1) is 6.58 Å². The van der Waals surface area contributed by atoms with Crippen molar-refractivity contribution in [2.45, 2.75) is 77.4 Å². The Morgan fingerprint density at radius 3 is 2.64 bits per heavy atom. The summed E-state index contributed by atoms with van der Waals surface area (Å²) in [5, 5.41) is 10.1. The van der Waals surface area contributed by atoms with Crippen LogP contribution >= 0.6 is 0 Å². The van der Waals surface area contributed by atoms with Gasteiger partial charge >= 0.3 is 0 Å². The first-order chi connectivity index (χ1) is 10.3. The van der Waals surface area contributed by atoms with E-state index in [1.54, 1.807) is 0 Å². The Bertz CT molecular complexity index is 502. The van der Waals surface area contributed by atoms with Crippen molar-refractivity contribution in [1.29, 1.82) is 0 Å². The number of epoxide rings is 1. The summed E-state index contributed by atoms with van der Waals surface area (Å²) in [5.74, 6) is 1.31. The van der Waals surface area contributed by atoms with Crippen molar-refractivity contribution >= 4 is 0 Å². The maximum atomic E-state index is 10.1. The summed E-state index contributed by atoms with van der Waals surface area (Å²) in [6.45, 7) is 11.6. The Labute approximate surface area is 135 Å². The molecule has 4 aliphatic rings. The summed E-state index contributed by atoms with van der Waals surface area (Å²) in [5.41, 5.74) is 0.846. The summed E-state index contributed by atoms with van der Waals surface area (Å²) in [7, 11) is 0. The predicted octanol–water partition coefficient (Wildman–Crippen LogP) is 4.33. The average Bonchev–Trinajstić information content (AvgIpc) is 3.17. The molecule has 3 saturated carbocycles. The Morgan fingerprint density at radius 2 is 1.95 bits per heavy atom. The summed E-state index contributed by atoms with van der Waals surface area (Å²) in [6, 6.07) is 0. The largest absolute Gasteiger partial charge is 0.396 e. The van der Waals surface area contributed by atoms with E-state index in [0.717, 1.165) is 12.8 Å². The maximum absolute atomic E-state index is 10.1. The molecular weight excluding hydrogens is 272 g/mol. The van der Waals surface area contributed by atoms with Gasteiger partial charge in [-0.1, -0.05) is 33.3 Å². The first-order valence-corrected chi connectivity index (χ1v) is 9.24. The van der Waals surface area contributed by atoms with Crippen LogP contribution in [0, 0.1) is 28.1 Å². The molecule has 1 heterocycles. The molecule has 0 bridgehead atoms. The van der Waals surface area contributed by atoms with Gasteiger partial charge in [0.05, 0.1) is 11.7 Å². The van der Waals surface area contributed by atoms with Crippen LogP contribution in [0.5, 0.6) is 0 Å². The average molecular weight is 304 g/mol. The summed E-state index contributed by atoms with van der Waals surface area (Å²) in [6.07, 6.45) is 11.2. The molecule has 2 nitrogen and oxygen atoms in total. The van der Waals surface area contributed by atoms with E-state index in [2.05, 4.69) is 33.4 Å². The fraction of sp³-hybridized carbons (Fsp3) is 0.900. The second-order valence-corrected chi connectivity index (χ2v) is 9.65. The first-order valence-electron chi connectivity index (χ1n) is 9.24. The Kier molecular flexibility index (Phi) is 3.03. The van der Waals surface area contributed by atoms with E-state index in [9.17, 15) is 5.11 Å². The molecule has 4 fully saturated rings. The highest BCUT2D eigenvalue weighted by atomic mass is 16.6. The zero-order valence-electron chi connectivity index (χ0n) is 14.5. The van der Waals surface area contributed by atoms with Gasteiger partial charge in [0.1, 0.15) is 0 Å². The first kappa shape index (κ1) is 15.2. The van der Waals surface area contributed by atoms with Gasteiger partial charge in [0.15, 0.2) is 0 Å². The van der Waals surface area contributed by atoms with Crippen LogP contribution in [0.25, 0.3) is 0 Å². The number of aliphatic hydroxyl groups is 1. The van der Waals surface area contributed by atoms with Crippen molar-refractivity contribution in [1.82, 2.24) is 0 Å². The quantitative estimate of drug-likeness (QED) is 0.608. The summed E-state index contributed by atoms with van der Waals surface area (Å²) < 4.78 is 6.43. The van der Waals surface area contributed by atoms with Crippen LogP contribution in [-0.4, -0.2) is 23.4 Å². The minimum Gasteiger partial charge on any atom is -0.396 e. The van der Waals surface area contributed by atoms with Crippen molar-refractivity contribution in [2.75, 3.05) is 6.61 Å². The predicted molar refractivity (Wildman–Crippen MR) is 88.5 cm³/mol. The van der Waals surface area contributed by atoms with Crippen molar-refractivity contribution < 1.29 is 9.84 Å². The number of fused-ring (bicyclic) bond motifs is 2.